The molecule has 0 aromatic carbocycles. The van der Waals surface area contributed by atoms with Gasteiger partial charge in [-0.15, -0.1) is 0 Å². The van der Waals surface area contributed by atoms with Gasteiger partial charge in [0.15, 0.2) is 0 Å². The molecule has 150 valence electrons. The van der Waals surface area contributed by atoms with Gasteiger partial charge in [0.25, 0.3) is 0 Å². The molecule has 3 heterocycles. The van der Waals surface area contributed by atoms with Crippen LogP contribution in [0.25, 0.3) is 11.3 Å². The fourth-order valence-electron chi connectivity index (χ4n) is 5.47. The van der Waals surface area contributed by atoms with Gasteiger partial charge in [0, 0.05) is 51.0 Å². The molecular formula is C22H32N6. The Morgan fingerprint density at radius 3 is 2.50 bits per heavy atom. The molecule has 1 N–H and O–H groups in total. The lowest BCUT2D eigenvalue weighted by Gasteiger charge is -2.28. The number of hydrogen-bond acceptors (Lipinski definition) is 5. The number of nitrogens with one attached hydrogen (secondary N) is 1. The van der Waals surface area contributed by atoms with E-state index in [1.165, 1.54) is 51.7 Å². The lowest BCUT2D eigenvalue weighted by molar-refractivity contribution is 0.211. The molecule has 3 aliphatic rings. The second kappa shape index (κ2) is 7.56. The van der Waals surface area contributed by atoms with E-state index in [9.17, 15) is 0 Å². The van der Waals surface area contributed by atoms with Crippen LogP contribution in [0, 0.1) is 24.7 Å². The van der Waals surface area contributed by atoms with Crippen LogP contribution in [-0.4, -0.2) is 50.6 Å². The molecule has 1 saturated heterocycles. The SMILES string of the molecule is Cc1nn(C)cc1-c1ccc(CN[C@@H]2[C@@H]3CN(CC4CCCCC4)C[C@@H]32)nn1. The first-order valence-corrected chi connectivity index (χ1v) is 11.0. The zero-order valence-electron chi connectivity index (χ0n) is 17.1. The molecule has 2 saturated carbocycles. The molecule has 2 aromatic heterocycles. The van der Waals surface area contributed by atoms with Gasteiger partial charge in [-0.25, -0.2) is 0 Å². The van der Waals surface area contributed by atoms with E-state index >= 15 is 0 Å². The highest BCUT2D eigenvalue weighted by molar-refractivity contribution is 5.60. The number of aromatic nitrogens is 4. The minimum atomic E-state index is 0.685. The Bertz CT molecular complexity index is 795. The monoisotopic (exact) mass is 380 g/mol. The van der Waals surface area contributed by atoms with Crippen molar-refractivity contribution in [3.63, 3.8) is 0 Å². The van der Waals surface area contributed by atoms with Crippen molar-refractivity contribution < 1.29 is 0 Å². The van der Waals surface area contributed by atoms with Gasteiger partial charge in [0.05, 0.1) is 17.1 Å². The molecule has 2 aliphatic carbocycles. The van der Waals surface area contributed by atoms with Crippen LogP contribution in [0.3, 0.4) is 0 Å². The second-order valence-corrected chi connectivity index (χ2v) is 9.17. The molecular weight excluding hydrogens is 348 g/mol. The number of nitrogens with zero attached hydrogens (tertiary/aromatic N) is 5. The largest absolute Gasteiger partial charge is 0.308 e. The summed E-state index contributed by atoms with van der Waals surface area (Å²) in [7, 11) is 1.94. The van der Waals surface area contributed by atoms with Crippen molar-refractivity contribution in [2.45, 2.75) is 51.6 Å². The van der Waals surface area contributed by atoms with E-state index in [4.69, 9.17) is 0 Å². The van der Waals surface area contributed by atoms with E-state index in [-0.39, 0.29) is 0 Å². The fourth-order valence-corrected chi connectivity index (χ4v) is 5.47. The predicted octanol–water partition coefficient (Wildman–Crippen LogP) is 2.79. The Balaban J connectivity index is 1.08. The summed E-state index contributed by atoms with van der Waals surface area (Å²) in [5.41, 5.74) is 3.97. The van der Waals surface area contributed by atoms with E-state index in [0.717, 1.165) is 46.9 Å². The van der Waals surface area contributed by atoms with Crippen molar-refractivity contribution in [3.8, 4) is 11.3 Å². The molecule has 6 heteroatoms. The third-order valence-corrected chi connectivity index (χ3v) is 7.04. The molecule has 2 aromatic rings. The molecule has 0 bridgehead atoms. The van der Waals surface area contributed by atoms with Crippen molar-refractivity contribution in [3.05, 3.63) is 29.7 Å². The number of piperidine rings is 1. The number of hydrogen-bond donors (Lipinski definition) is 1. The fraction of sp³-hybridized carbons (Fsp3) is 0.682. The van der Waals surface area contributed by atoms with Crippen LogP contribution < -0.4 is 5.32 Å². The van der Waals surface area contributed by atoms with E-state index in [2.05, 4.69) is 37.6 Å². The molecule has 28 heavy (non-hydrogen) atoms. The summed E-state index contributed by atoms with van der Waals surface area (Å²) < 4.78 is 1.82. The quantitative estimate of drug-likeness (QED) is 0.835. The number of aryl methyl sites for hydroxylation is 2. The summed E-state index contributed by atoms with van der Waals surface area (Å²) in [6.45, 7) is 6.77. The van der Waals surface area contributed by atoms with Gasteiger partial charge >= 0.3 is 0 Å². The van der Waals surface area contributed by atoms with Gasteiger partial charge in [0.2, 0.25) is 0 Å². The maximum absolute atomic E-state index is 4.43. The van der Waals surface area contributed by atoms with Crippen molar-refractivity contribution in [2.75, 3.05) is 19.6 Å². The molecule has 1 aliphatic heterocycles. The average Bonchev–Trinajstić information content (AvgIpc) is 2.99. The van der Waals surface area contributed by atoms with Gasteiger partial charge in [-0.1, -0.05) is 19.3 Å². The molecule has 3 fully saturated rings. The average molecular weight is 381 g/mol. The van der Waals surface area contributed by atoms with Crippen LogP contribution in [0.4, 0.5) is 0 Å². The predicted molar refractivity (Wildman–Crippen MR) is 110 cm³/mol. The Kier molecular flexibility index (Phi) is 4.93. The van der Waals surface area contributed by atoms with Crippen molar-refractivity contribution in [1.29, 1.82) is 0 Å². The normalized spacial score (nSPS) is 27.9. The topological polar surface area (TPSA) is 58.9 Å². The van der Waals surface area contributed by atoms with Crippen molar-refractivity contribution >= 4 is 0 Å². The Morgan fingerprint density at radius 2 is 1.86 bits per heavy atom. The van der Waals surface area contributed by atoms with Crippen LogP contribution in [0.2, 0.25) is 0 Å². The summed E-state index contributed by atoms with van der Waals surface area (Å²) in [5, 5.41) is 17.0. The van der Waals surface area contributed by atoms with Crippen LogP contribution in [0.5, 0.6) is 0 Å². The zero-order valence-corrected chi connectivity index (χ0v) is 17.1. The molecule has 0 radical (unpaired) electrons. The summed E-state index contributed by atoms with van der Waals surface area (Å²) >= 11 is 0. The van der Waals surface area contributed by atoms with E-state index < -0.39 is 0 Å². The Hall–Kier alpha value is -1.79. The van der Waals surface area contributed by atoms with Gasteiger partial charge in [-0.2, -0.15) is 15.3 Å². The first kappa shape index (κ1) is 18.3. The van der Waals surface area contributed by atoms with E-state index in [1.807, 2.05) is 24.9 Å². The minimum absolute atomic E-state index is 0.685. The highest BCUT2D eigenvalue weighted by Crippen LogP contribution is 2.46. The number of fused-ring (bicyclic) bond motifs is 1. The standard InChI is InChI=1S/C22H32N6/c1-15-18(12-27(2)26-15)21-9-8-17(24-25-21)10-23-22-19-13-28(14-20(19)22)11-16-6-4-3-5-7-16/h8-9,12,16,19-20,22-23H,3-7,10-11,13-14H2,1-2H3/t19-,20+,22-. The highest BCUT2D eigenvalue weighted by atomic mass is 15.3. The third-order valence-electron chi connectivity index (χ3n) is 7.04. The first-order chi connectivity index (χ1) is 13.7. The molecule has 6 nitrogen and oxygen atoms in total. The van der Waals surface area contributed by atoms with Crippen LogP contribution in [0.1, 0.15) is 43.5 Å². The first-order valence-electron chi connectivity index (χ1n) is 11.0. The lowest BCUT2D eigenvalue weighted by Crippen LogP contribution is -2.34. The second-order valence-electron chi connectivity index (χ2n) is 9.17. The smallest absolute Gasteiger partial charge is 0.0964 e. The molecule has 0 amide bonds. The summed E-state index contributed by atoms with van der Waals surface area (Å²) in [5.74, 6) is 2.68. The van der Waals surface area contributed by atoms with Crippen LogP contribution in [-0.2, 0) is 13.6 Å². The summed E-state index contributed by atoms with van der Waals surface area (Å²) in [6, 6.07) is 4.84. The van der Waals surface area contributed by atoms with E-state index in [1.54, 1.807) is 0 Å². The maximum Gasteiger partial charge on any atom is 0.0964 e. The van der Waals surface area contributed by atoms with Gasteiger partial charge < -0.3 is 10.2 Å². The van der Waals surface area contributed by atoms with Gasteiger partial charge in [-0.3, -0.25) is 4.68 Å². The Morgan fingerprint density at radius 1 is 1.07 bits per heavy atom. The van der Waals surface area contributed by atoms with Crippen molar-refractivity contribution in [2.24, 2.45) is 24.8 Å². The molecule has 3 atom stereocenters. The summed E-state index contributed by atoms with van der Waals surface area (Å²) in [6.07, 6.45) is 9.29. The van der Waals surface area contributed by atoms with E-state index in [0.29, 0.717) is 6.04 Å². The number of rotatable bonds is 6. The maximum atomic E-state index is 4.43. The minimum Gasteiger partial charge on any atom is -0.308 e. The number of likely N-dealkylation sites (tertiary alicyclic amines) is 1. The van der Waals surface area contributed by atoms with Crippen molar-refractivity contribution in [1.82, 2.24) is 30.2 Å². The van der Waals surface area contributed by atoms with Crippen LogP contribution >= 0.6 is 0 Å². The van der Waals surface area contributed by atoms with Gasteiger partial charge in [0.1, 0.15) is 0 Å². The molecule has 0 spiro atoms. The lowest BCUT2D eigenvalue weighted by atomic mass is 9.89. The molecule has 5 rings (SSSR count). The van der Waals surface area contributed by atoms with Crippen LogP contribution in [0.15, 0.2) is 18.3 Å². The van der Waals surface area contributed by atoms with Gasteiger partial charge in [-0.05, 0) is 49.7 Å². The third kappa shape index (κ3) is 3.72. The Labute approximate surface area is 167 Å². The molecule has 0 unspecified atom stereocenters. The zero-order chi connectivity index (χ0) is 19.1. The summed E-state index contributed by atoms with van der Waals surface area (Å²) in [4.78, 5) is 2.73. The highest BCUT2D eigenvalue weighted by Gasteiger charge is 2.55.